The summed E-state index contributed by atoms with van der Waals surface area (Å²) >= 11 is 6.39. The van der Waals surface area contributed by atoms with E-state index in [1.165, 1.54) is 29.8 Å². The first kappa shape index (κ1) is 17.4. The molecule has 1 amide bonds. The van der Waals surface area contributed by atoms with E-state index in [0.717, 1.165) is 6.54 Å². The average Bonchev–Trinajstić information content (AvgIpc) is 2.95. The number of amides is 1. The second kappa shape index (κ2) is 7.63. The number of likely N-dealkylation sites (tertiary alicyclic amines) is 1. The number of non-ortho nitro benzene ring substituents is 1. The first-order valence-electron chi connectivity index (χ1n) is 7.98. The lowest BCUT2D eigenvalue weighted by atomic mass is 10.1. The van der Waals surface area contributed by atoms with Crippen LogP contribution in [0.25, 0.3) is 0 Å². The molecule has 1 fully saturated rings. The molecule has 0 spiro atoms. The summed E-state index contributed by atoms with van der Waals surface area (Å²) in [6, 6.07) is 15.5. The van der Waals surface area contributed by atoms with E-state index in [1.54, 1.807) is 0 Å². The first-order valence-corrected chi connectivity index (χ1v) is 8.42. The molecular formula is C18H18ClN3O3. The molecule has 130 valence electrons. The van der Waals surface area contributed by atoms with Crippen molar-refractivity contribution < 1.29 is 9.72 Å². The lowest BCUT2D eigenvalue weighted by molar-refractivity contribution is -0.384. The molecule has 0 bridgehead atoms. The van der Waals surface area contributed by atoms with Crippen molar-refractivity contribution in [1.29, 1.82) is 0 Å². The zero-order valence-electron chi connectivity index (χ0n) is 13.5. The third-order valence-corrected chi connectivity index (χ3v) is 4.67. The minimum atomic E-state index is -0.491. The van der Waals surface area contributed by atoms with E-state index >= 15 is 0 Å². The van der Waals surface area contributed by atoms with Crippen molar-refractivity contribution in [2.24, 2.45) is 0 Å². The number of benzene rings is 2. The minimum Gasteiger partial charge on any atom is -0.346 e. The Morgan fingerprint density at radius 1 is 1.16 bits per heavy atom. The molecule has 6 nitrogen and oxygen atoms in total. The van der Waals surface area contributed by atoms with E-state index in [4.69, 9.17) is 11.6 Å². The van der Waals surface area contributed by atoms with Gasteiger partial charge in [0.25, 0.3) is 11.6 Å². The van der Waals surface area contributed by atoms with Crippen molar-refractivity contribution in [3.05, 3.63) is 75.8 Å². The first-order chi connectivity index (χ1) is 12.0. The van der Waals surface area contributed by atoms with E-state index in [-0.39, 0.29) is 23.0 Å². The van der Waals surface area contributed by atoms with Gasteiger partial charge in [0.15, 0.2) is 0 Å². The Kier molecular flexibility index (Phi) is 5.31. The largest absolute Gasteiger partial charge is 0.346 e. The second-order valence-corrected chi connectivity index (χ2v) is 6.64. The smallest absolute Gasteiger partial charge is 0.269 e. The average molecular weight is 360 g/mol. The zero-order chi connectivity index (χ0) is 17.8. The van der Waals surface area contributed by atoms with Crippen molar-refractivity contribution in [1.82, 2.24) is 10.2 Å². The fourth-order valence-electron chi connectivity index (χ4n) is 2.93. The number of nitro groups is 1. The van der Waals surface area contributed by atoms with E-state index in [9.17, 15) is 14.9 Å². The molecule has 25 heavy (non-hydrogen) atoms. The number of carbonyl (C=O) groups is 1. The Hall–Kier alpha value is -2.44. The minimum absolute atomic E-state index is 0.0401. The number of alkyl halides is 1. The molecule has 7 heteroatoms. The summed E-state index contributed by atoms with van der Waals surface area (Å²) in [5.41, 5.74) is 1.55. The van der Waals surface area contributed by atoms with Gasteiger partial charge in [-0.15, -0.1) is 11.6 Å². The van der Waals surface area contributed by atoms with Crippen LogP contribution in [0.2, 0.25) is 0 Å². The molecule has 2 aromatic rings. The fraction of sp³-hybridized carbons (Fsp3) is 0.278. The molecule has 3 rings (SSSR count). The number of nitro benzene ring substituents is 1. The van der Waals surface area contributed by atoms with E-state index in [2.05, 4.69) is 22.3 Å². The molecule has 1 heterocycles. The lowest BCUT2D eigenvalue weighted by Crippen LogP contribution is -2.41. The van der Waals surface area contributed by atoms with Gasteiger partial charge in [-0.25, -0.2) is 0 Å². The number of halogens is 1. The van der Waals surface area contributed by atoms with Gasteiger partial charge >= 0.3 is 0 Å². The van der Waals surface area contributed by atoms with Crippen LogP contribution in [-0.2, 0) is 6.54 Å². The van der Waals surface area contributed by atoms with E-state index < -0.39 is 4.92 Å². The van der Waals surface area contributed by atoms with Crippen LogP contribution in [-0.4, -0.2) is 40.2 Å². The Morgan fingerprint density at radius 3 is 2.48 bits per heavy atom. The maximum absolute atomic E-state index is 12.3. The fourth-order valence-corrected chi connectivity index (χ4v) is 3.27. The quantitative estimate of drug-likeness (QED) is 0.506. The van der Waals surface area contributed by atoms with Gasteiger partial charge in [-0.1, -0.05) is 30.3 Å². The van der Waals surface area contributed by atoms with Crippen LogP contribution in [0.15, 0.2) is 54.6 Å². The number of hydrogen-bond donors (Lipinski definition) is 1. The Balaban J connectivity index is 1.58. The monoisotopic (exact) mass is 359 g/mol. The van der Waals surface area contributed by atoms with Gasteiger partial charge in [0, 0.05) is 37.3 Å². The van der Waals surface area contributed by atoms with Gasteiger partial charge in [-0.05, 0) is 17.7 Å². The van der Waals surface area contributed by atoms with Crippen molar-refractivity contribution in [2.45, 2.75) is 18.0 Å². The maximum Gasteiger partial charge on any atom is 0.269 e. The van der Waals surface area contributed by atoms with Crippen LogP contribution < -0.4 is 5.32 Å². The maximum atomic E-state index is 12.3. The van der Waals surface area contributed by atoms with Crippen LogP contribution in [0.3, 0.4) is 0 Å². The normalized spacial score (nSPS) is 20.4. The molecule has 0 radical (unpaired) electrons. The third-order valence-electron chi connectivity index (χ3n) is 4.23. The second-order valence-electron chi connectivity index (χ2n) is 6.08. The Bertz CT molecular complexity index is 752. The highest BCUT2D eigenvalue weighted by Gasteiger charge is 2.32. The van der Waals surface area contributed by atoms with Gasteiger partial charge in [0.1, 0.15) is 0 Å². The third kappa shape index (κ3) is 4.35. The summed E-state index contributed by atoms with van der Waals surface area (Å²) in [6.07, 6.45) is 0. The number of carbonyl (C=O) groups excluding carboxylic acids is 1. The molecule has 0 aliphatic carbocycles. The van der Waals surface area contributed by atoms with E-state index in [1.807, 2.05) is 18.2 Å². The summed E-state index contributed by atoms with van der Waals surface area (Å²) < 4.78 is 0. The van der Waals surface area contributed by atoms with Crippen molar-refractivity contribution in [3.8, 4) is 0 Å². The highest BCUT2D eigenvalue weighted by molar-refractivity contribution is 6.21. The number of nitrogens with one attached hydrogen (secondary N) is 1. The van der Waals surface area contributed by atoms with Gasteiger partial charge < -0.3 is 5.32 Å². The Labute approximate surface area is 150 Å². The summed E-state index contributed by atoms with van der Waals surface area (Å²) in [5, 5.41) is 13.4. The van der Waals surface area contributed by atoms with Gasteiger partial charge in [0.2, 0.25) is 0 Å². The number of hydrogen-bond acceptors (Lipinski definition) is 4. The molecule has 2 aromatic carbocycles. The Morgan fingerprint density at radius 2 is 1.84 bits per heavy atom. The van der Waals surface area contributed by atoms with Gasteiger partial charge in [-0.2, -0.15) is 0 Å². The standard InChI is InChI=1S/C18H18ClN3O3/c19-16-11-21(10-13-4-2-1-3-5-13)12-17(16)20-18(23)14-6-8-15(9-7-14)22(24)25/h1-9,16-17H,10-12H2,(H,20,23). The zero-order valence-corrected chi connectivity index (χ0v) is 14.2. The highest BCUT2D eigenvalue weighted by atomic mass is 35.5. The van der Waals surface area contributed by atoms with Crippen LogP contribution >= 0.6 is 11.6 Å². The summed E-state index contributed by atoms with van der Waals surface area (Å²) in [4.78, 5) is 24.7. The summed E-state index contributed by atoms with van der Waals surface area (Å²) in [7, 11) is 0. The van der Waals surface area contributed by atoms with Crippen LogP contribution in [0.1, 0.15) is 15.9 Å². The molecular weight excluding hydrogens is 342 g/mol. The number of rotatable bonds is 5. The van der Waals surface area contributed by atoms with Crippen molar-refractivity contribution in [3.63, 3.8) is 0 Å². The summed E-state index contributed by atoms with van der Waals surface area (Å²) in [5.74, 6) is -0.271. The molecule has 0 saturated carbocycles. The van der Waals surface area contributed by atoms with Crippen LogP contribution in [0, 0.1) is 10.1 Å². The molecule has 1 aliphatic rings. The molecule has 2 unspecified atom stereocenters. The van der Waals surface area contributed by atoms with Crippen molar-refractivity contribution >= 4 is 23.2 Å². The predicted octanol–water partition coefficient (Wildman–Crippen LogP) is 2.82. The van der Waals surface area contributed by atoms with E-state index in [0.29, 0.717) is 18.7 Å². The highest BCUT2D eigenvalue weighted by Crippen LogP contribution is 2.19. The van der Waals surface area contributed by atoms with Gasteiger partial charge in [-0.3, -0.25) is 19.8 Å². The van der Waals surface area contributed by atoms with Crippen LogP contribution in [0.5, 0.6) is 0 Å². The lowest BCUT2D eigenvalue weighted by Gasteiger charge is -2.17. The molecule has 2 atom stereocenters. The SMILES string of the molecule is O=C(NC1CN(Cc2ccccc2)CC1Cl)c1ccc([N+](=O)[O-])cc1. The van der Waals surface area contributed by atoms with Gasteiger partial charge in [0.05, 0.1) is 16.3 Å². The molecule has 1 saturated heterocycles. The summed E-state index contributed by atoms with van der Waals surface area (Å²) in [6.45, 7) is 2.15. The molecule has 0 aromatic heterocycles. The van der Waals surface area contributed by atoms with Crippen molar-refractivity contribution in [2.75, 3.05) is 13.1 Å². The predicted molar refractivity (Wildman–Crippen MR) is 95.7 cm³/mol. The molecule has 1 N–H and O–H groups in total. The topological polar surface area (TPSA) is 75.5 Å². The van der Waals surface area contributed by atoms with Crippen LogP contribution in [0.4, 0.5) is 5.69 Å². The number of nitrogens with zero attached hydrogens (tertiary/aromatic N) is 2. The molecule has 1 aliphatic heterocycles.